The number of benzene rings is 1. The van der Waals surface area contributed by atoms with Crippen LogP contribution in [0, 0.1) is 6.92 Å². The van der Waals surface area contributed by atoms with Crippen LogP contribution in [0.2, 0.25) is 0 Å². The molecule has 154 valence electrons. The van der Waals surface area contributed by atoms with E-state index in [4.69, 9.17) is 14.6 Å². The van der Waals surface area contributed by atoms with Crippen LogP contribution in [0.15, 0.2) is 24.4 Å². The molecule has 0 radical (unpaired) electrons. The van der Waals surface area contributed by atoms with Crippen LogP contribution >= 0.6 is 28.4 Å². The molecule has 1 aliphatic rings. The highest BCUT2D eigenvalue weighted by Crippen LogP contribution is 2.36. The Balaban J connectivity index is 1.70. The molecular weight excluding hydrogens is 514 g/mol. The summed E-state index contributed by atoms with van der Waals surface area (Å²) < 4.78 is 15.8. The molecule has 0 spiro atoms. The van der Waals surface area contributed by atoms with Gasteiger partial charge in [0.25, 0.3) is 0 Å². The van der Waals surface area contributed by atoms with E-state index < -0.39 is 0 Å². The maximum atomic E-state index is 6.08. The summed E-state index contributed by atoms with van der Waals surface area (Å²) in [6.07, 6.45) is 7.15. The van der Waals surface area contributed by atoms with Crippen molar-refractivity contribution < 1.29 is 9.47 Å². The van der Waals surface area contributed by atoms with E-state index in [0.29, 0.717) is 25.5 Å². The third-order valence-corrected chi connectivity index (χ3v) is 6.99. The van der Waals surface area contributed by atoms with Crippen LogP contribution < -0.4 is 9.47 Å². The Morgan fingerprint density at radius 2 is 2.07 bits per heavy atom. The van der Waals surface area contributed by atoms with Crippen LogP contribution in [0.25, 0.3) is 34.2 Å². The normalized spacial score (nSPS) is 15.4. The second-order valence-electron chi connectivity index (χ2n) is 7.05. The zero-order chi connectivity index (χ0) is 20.7. The lowest BCUT2D eigenvalue weighted by molar-refractivity contribution is 0.232. The Morgan fingerprint density at radius 1 is 1.20 bits per heavy atom. The molecule has 4 heterocycles. The van der Waals surface area contributed by atoms with Crippen LogP contribution in [-0.2, 0) is 7.05 Å². The zero-order valence-corrected chi connectivity index (χ0v) is 19.7. The van der Waals surface area contributed by atoms with Crippen LogP contribution in [0.5, 0.6) is 11.8 Å². The summed E-state index contributed by atoms with van der Waals surface area (Å²) in [4.78, 5) is 0. The van der Waals surface area contributed by atoms with E-state index in [1.54, 1.807) is 4.68 Å². The van der Waals surface area contributed by atoms with Gasteiger partial charge in [0.2, 0.25) is 11.8 Å². The number of hydrogen-bond acceptors (Lipinski definition) is 5. The third kappa shape index (κ3) is 3.39. The minimum atomic E-state index is 0.509. The molecule has 10 heteroatoms. The second-order valence-corrected chi connectivity index (χ2v) is 9.09. The fourth-order valence-electron chi connectivity index (χ4n) is 3.57. The summed E-state index contributed by atoms with van der Waals surface area (Å²) in [5.74, 6) is 1.35. The molecule has 1 aromatic carbocycles. The van der Waals surface area contributed by atoms with Crippen LogP contribution in [0.3, 0.4) is 0 Å². The smallest absolute Gasteiger partial charge is 0.240 e. The number of nitrogens with one attached hydrogen (secondary N) is 1. The van der Waals surface area contributed by atoms with Gasteiger partial charge < -0.3 is 9.47 Å². The summed E-state index contributed by atoms with van der Waals surface area (Å²) in [5, 5.41) is 17.6. The number of rotatable bonds is 1. The van der Waals surface area contributed by atoms with Crippen LogP contribution in [-0.4, -0.2) is 42.7 Å². The van der Waals surface area contributed by atoms with E-state index in [9.17, 15) is 0 Å². The SMILES string of the molecule is Cc1[nH]nc2c1/C=C/c1nn(PI)c3ccc(cc13)-c1cnn(C)c1OCCCO2. The van der Waals surface area contributed by atoms with E-state index in [1.807, 2.05) is 36.8 Å². The molecule has 0 saturated carbocycles. The maximum Gasteiger partial charge on any atom is 0.240 e. The van der Waals surface area contributed by atoms with Crippen LogP contribution in [0.1, 0.15) is 23.4 Å². The molecular formula is C20H20IN6O2P. The molecule has 0 saturated heterocycles. The van der Waals surface area contributed by atoms with Gasteiger partial charge in [-0.2, -0.15) is 10.2 Å². The number of hydrogen-bond donors (Lipinski definition) is 1. The summed E-state index contributed by atoms with van der Waals surface area (Å²) in [5.41, 5.74) is 5.93. The van der Waals surface area contributed by atoms with Gasteiger partial charge >= 0.3 is 0 Å². The van der Waals surface area contributed by atoms with Crippen molar-refractivity contribution in [2.75, 3.05) is 13.2 Å². The Kier molecular flexibility index (Phi) is 5.24. The lowest BCUT2D eigenvalue weighted by atomic mass is 10.1. The molecule has 0 amide bonds. The van der Waals surface area contributed by atoms with Gasteiger partial charge in [-0.25, -0.2) is 9.13 Å². The molecule has 1 N–H and O–H groups in total. The largest absolute Gasteiger partial charge is 0.477 e. The predicted octanol–water partition coefficient (Wildman–Crippen LogP) is 4.59. The maximum absolute atomic E-state index is 6.08. The van der Waals surface area contributed by atoms with Crippen molar-refractivity contribution in [1.29, 1.82) is 0 Å². The van der Waals surface area contributed by atoms with E-state index in [0.717, 1.165) is 51.3 Å². The molecule has 1 aliphatic heterocycles. The summed E-state index contributed by atoms with van der Waals surface area (Å²) in [6, 6.07) is 6.39. The van der Waals surface area contributed by atoms with Gasteiger partial charge in [0.05, 0.1) is 48.1 Å². The molecule has 0 fully saturated rings. The number of H-pyrrole nitrogens is 1. The van der Waals surface area contributed by atoms with E-state index in [-0.39, 0.29) is 0 Å². The van der Waals surface area contributed by atoms with Gasteiger partial charge in [-0.1, -0.05) is 6.07 Å². The summed E-state index contributed by atoms with van der Waals surface area (Å²) in [6.45, 7) is 3.03. The molecule has 1 unspecified atom stereocenters. The van der Waals surface area contributed by atoms with Gasteiger partial charge in [0, 0.05) is 24.5 Å². The van der Waals surface area contributed by atoms with Gasteiger partial charge in [0.1, 0.15) is 0 Å². The molecule has 4 aromatic rings. The second kappa shape index (κ2) is 8.03. The first-order valence-corrected chi connectivity index (χ1v) is 13.6. The number of aryl methyl sites for hydroxylation is 2. The highest BCUT2D eigenvalue weighted by atomic mass is 127. The van der Waals surface area contributed by atoms with E-state index >= 15 is 0 Å². The van der Waals surface area contributed by atoms with Crippen molar-refractivity contribution in [2.24, 2.45) is 7.05 Å². The molecule has 30 heavy (non-hydrogen) atoms. The van der Waals surface area contributed by atoms with Gasteiger partial charge in [0.15, 0.2) is 0 Å². The molecule has 0 aliphatic carbocycles. The minimum Gasteiger partial charge on any atom is -0.477 e. The first-order valence-electron chi connectivity index (χ1n) is 9.56. The minimum absolute atomic E-state index is 0.509. The fourth-order valence-corrected chi connectivity index (χ4v) is 5.11. The molecule has 8 nitrogen and oxygen atoms in total. The van der Waals surface area contributed by atoms with Crippen molar-refractivity contribution in [3.63, 3.8) is 0 Å². The van der Waals surface area contributed by atoms with Crippen molar-refractivity contribution >= 4 is 51.5 Å². The lowest BCUT2D eigenvalue weighted by Crippen LogP contribution is -2.08. The van der Waals surface area contributed by atoms with Gasteiger partial charge in [-0.15, -0.1) is 5.10 Å². The monoisotopic (exact) mass is 534 g/mol. The quantitative estimate of drug-likeness (QED) is 0.286. The Morgan fingerprint density at radius 3 is 2.93 bits per heavy atom. The average molecular weight is 534 g/mol. The van der Waals surface area contributed by atoms with E-state index in [2.05, 4.69) is 55.5 Å². The molecule has 2 bridgehead atoms. The van der Waals surface area contributed by atoms with Crippen LogP contribution in [0.4, 0.5) is 0 Å². The molecule has 3 aromatic heterocycles. The van der Waals surface area contributed by atoms with Gasteiger partial charge in [-0.05, 0) is 58.8 Å². The topological polar surface area (TPSA) is 82.8 Å². The number of ether oxygens (including phenoxy) is 2. The molecule has 5 rings (SSSR count). The first-order chi connectivity index (χ1) is 14.7. The van der Waals surface area contributed by atoms with E-state index in [1.165, 1.54) is 0 Å². The van der Waals surface area contributed by atoms with Crippen molar-refractivity contribution in [2.45, 2.75) is 13.3 Å². The van der Waals surface area contributed by atoms with Crippen molar-refractivity contribution in [3.8, 4) is 22.9 Å². The highest BCUT2D eigenvalue weighted by Gasteiger charge is 2.17. The predicted molar refractivity (Wildman–Crippen MR) is 128 cm³/mol. The zero-order valence-electron chi connectivity index (χ0n) is 16.5. The fraction of sp³-hybridized carbons (Fsp3) is 0.250. The summed E-state index contributed by atoms with van der Waals surface area (Å²) >= 11 is 2.35. The Labute approximate surface area is 188 Å². The van der Waals surface area contributed by atoms with Crippen molar-refractivity contribution in [3.05, 3.63) is 41.3 Å². The average Bonchev–Trinajstić information content (AvgIpc) is 3.41. The summed E-state index contributed by atoms with van der Waals surface area (Å²) in [7, 11) is 1.89. The molecule has 1 atom stereocenters. The number of fused-ring (bicyclic) bond motifs is 4. The highest BCUT2D eigenvalue weighted by molar-refractivity contribution is 14.2. The first kappa shape index (κ1) is 19.6. The van der Waals surface area contributed by atoms with Gasteiger partial charge in [-0.3, -0.25) is 5.10 Å². The number of aromatic nitrogens is 6. The Hall–Kier alpha value is -2.39. The lowest BCUT2D eigenvalue weighted by Gasteiger charge is -2.10. The number of nitrogens with zero attached hydrogens (tertiary/aromatic N) is 5. The number of aromatic amines is 1. The number of halogens is 1. The standard InChI is InChI=1S/C20H20IN6O2P/c1-12-14-5-6-17-15-10-13(4-7-18(15)27(25-17)30-21)16-11-22-26(2)20(16)29-9-3-8-28-19(14)24-23-12/h4-7,10-11,30H,3,8-9H2,1-2H3,(H,23,24)/b6-5+. The van der Waals surface area contributed by atoms with Crippen molar-refractivity contribution in [1.82, 2.24) is 29.5 Å². The Bertz CT molecular complexity index is 1260. The third-order valence-electron chi connectivity index (χ3n) is 5.12.